The van der Waals surface area contributed by atoms with Crippen LogP contribution in [0.2, 0.25) is 0 Å². The van der Waals surface area contributed by atoms with E-state index in [4.69, 9.17) is 14.2 Å². The van der Waals surface area contributed by atoms with E-state index >= 15 is 0 Å². The lowest BCUT2D eigenvalue weighted by molar-refractivity contribution is -0.166. The van der Waals surface area contributed by atoms with E-state index in [9.17, 15) is 14.4 Å². The van der Waals surface area contributed by atoms with Crippen molar-refractivity contribution < 1.29 is 28.6 Å². The standard InChI is InChI=1S/C67H108O6/c1-4-7-10-13-16-19-22-25-28-31-33-36-39-42-45-48-51-54-57-60-66(69)72-63-64(62-71-65(68)59-56-53-50-47-44-41-38-35-30-27-24-21-18-15-12-9-6-3)73-67(70)61-58-55-52-49-46-43-40-37-34-32-29-26-23-20-17-14-11-8-5-2/h7-8,10-11,16-21,25-30,33,36,42,45,51,54,64H,4-6,9,12-15,22-24,31-32,34-35,37-41,43-44,46-50,52-53,55-63H2,1-3H3/b10-7-,11-8-,19-16-,20-17-,21-18-,28-25-,29-26-,30-27-,36-33-,45-42-,54-51-. The summed E-state index contributed by atoms with van der Waals surface area (Å²) in [5, 5.41) is 0. The van der Waals surface area contributed by atoms with Gasteiger partial charge in [-0.25, -0.2) is 0 Å². The molecule has 0 aromatic carbocycles. The van der Waals surface area contributed by atoms with Crippen molar-refractivity contribution in [1.82, 2.24) is 0 Å². The third kappa shape index (κ3) is 58.3. The van der Waals surface area contributed by atoms with Crippen LogP contribution in [0.4, 0.5) is 0 Å². The second-order valence-corrected chi connectivity index (χ2v) is 19.1. The van der Waals surface area contributed by atoms with Crippen LogP contribution in [-0.2, 0) is 28.6 Å². The van der Waals surface area contributed by atoms with Crippen molar-refractivity contribution >= 4 is 17.9 Å². The van der Waals surface area contributed by atoms with Crippen molar-refractivity contribution in [3.63, 3.8) is 0 Å². The predicted octanol–water partition coefficient (Wildman–Crippen LogP) is 20.2. The molecule has 0 heterocycles. The first-order valence-corrected chi connectivity index (χ1v) is 29.7. The van der Waals surface area contributed by atoms with Gasteiger partial charge in [0.1, 0.15) is 13.2 Å². The van der Waals surface area contributed by atoms with Crippen LogP contribution in [-0.4, -0.2) is 37.2 Å². The van der Waals surface area contributed by atoms with Crippen molar-refractivity contribution in [3.8, 4) is 0 Å². The van der Waals surface area contributed by atoms with Crippen LogP contribution in [0.1, 0.15) is 252 Å². The Hall–Kier alpha value is -4.45. The van der Waals surface area contributed by atoms with Gasteiger partial charge in [0.25, 0.3) is 0 Å². The minimum atomic E-state index is -0.821. The van der Waals surface area contributed by atoms with Crippen LogP contribution in [0, 0.1) is 0 Å². The molecule has 0 spiro atoms. The van der Waals surface area contributed by atoms with E-state index in [2.05, 4.69) is 148 Å². The minimum absolute atomic E-state index is 0.112. The maximum atomic E-state index is 12.9. The monoisotopic (exact) mass is 1010 g/mol. The summed E-state index contributed by atoms with van der Waals surface area (Å²) in [6.45, 7) is 6.32. The number of rotatable bonds is 52. The van der Waals surface area contributed by atoms with Crippen LogP contribution < -0.4 is 0 Å². The predicted molar refractivity (Wildman–Crippen MR) is 316 cm³/mol. The maximum absolute atomic E-state index is 12.9. The van der Waals surface area contributed by atoms with E-state index in [1.807, 2.05) is 6.08 Å². The summed E-state index contributed by atoms with van der Waals surface area (Å²) in [5.41, 5.74) is 0. The van der Waals surface area contributed by atoms with Crippen molar-refractivity contribution in [2.45, 2.75) is 258 Å². The van der Waals surface area contributed by atoms with Crippen LogP contribution in [0.5, 0.6) is 0 Å². The minimum Gasteiger partial charge on any atom is -0.462 e. The van der Waals surface area contributed by atoms with Crippen LogP contribution >= 0.6 is 0 Å². The van der Waals surface area contributed by atoms with Gasteiger partial charge in [0.15, 0.2) is 6.10 Å². The highest BCUT2D eigenvalue weighted by molar-refractivity contribution is 5.71. The number of hydrogen-bond acceptors (Lipinski definition) is 6. The second-order valence-electron chi connectivity index (χ2n) is 19.1. The Morgan fingerprint density at radius 1 is 0.288 bits per heavy atom. The molecule has 0 aliphatic heterocycles. The average Bonchev–Trinajstić information content (AvgIpc) is 3.39. The molecule has 0 bridgehead atoms. The zero-order valence-corrected chi connectivity index (χ0v) is 47.1. The van der Waals surface area contributed by atoms with Gasteiger partial charge < -0.3 is 14.2 Å². The fourth-order valence-corrected chi connectivity index (χ4v) is 7.75. The first-order valence-electron chi connectivity index (χ1n) is 29.7. The quantitative estimate of drug-likeness (QED) is 0.0261. The highest BCUT2D eigenvalue weighted by Gasteiger charge is 2.19. The Balaban J connectivity index is 4.53. The van der Waals surface area contributed by atoms with E-state index in [-0.39, 0.29) is 37.5 Å². The van der Waals surface area contributed by atoms with E-state index in [1.165, 1.54) is 89.9 Å². The zero-order chi connectivity index (χ0) is 52.9. The number of carbonyl (C=O) groups excluding carboxylic acids is 3. The molecule has 0 aromatic heterocycles. The van der Waals surface area contributed by atoms with Crippen molar-refractivity contribution in [2.75, 3.05) is 13.2 Å². The molecule has 0 fully saturated rings. The van der Waals surface area contributed by atoms with E-state index in [1.54, 1.807) is 0 Å². The second kappa shape index (κ2) is 60.1. The fourth-order valence-electron chi connectivity index (χ4n) is 7.75. The van der Waals surface area contributed by atoms with Crippen molar-refractivity contribution in [3.05, 3.63) is 134 Å². The van der Waals surface area contributed by atoms with Crippen molar-refractivity contribution in [1.29, 1.82) is 0 Å². The van der Waals surface area contributed by atoms with Gasteiger partial charge in [-0.3, -0.25) is 14.4 Å². The molecule has 0 aliphatic rings. The van der Waals surface area contributed by atoms with Crippen molar-refractivity contribution in [2.24, 2.45) is 0 Å². The van der Waals surface area contributed by atoms with Gasteiger partial charge in [0, 0.05) is 19.3 Å². The lowest BCUT2D eigenvalue weighted by Crippen LogP contribution is -2.30. The molecular formula is C67H108O6. The Morgan fingerprint density at radius 2 is 0.562 bits per heavy atom. The SMILES string of the molecule is CC/C=C\C/C=C\C/C=C\C/C=C\C/C=C\C/C=C\CCC(=O)OCC(COC(=O)CCCCCCCCC/C=C\C/C=C\CCCCC)OC(=O)CCCCCCCCCCC/C=C\C/C=C\C/C=C\CC. The molecule has 0 aromatic rings. The molecule has 6 nitrogen and oxygen atoms in total. The summed E-state index contributed by atoms with van der Waals surface area (Å²) < 4.78 is 16.8. The van der Waals surface area contributed by atoms with Gasteiger partial charge in [-0.15, -0.1) is 0 Å². The molecule has 1 atom stereocenters. The number of allylic oxidation sites excluding steroid dienone is 22. The third-order valence-corrected chi connectivity index (χ3v) is 12.1. The number of esters is 3. The maximum Gasteiger partial charge on any atom is 0.306 e. The molecule has 412 valence electrons. The van der Waals surface area contributed by atoms with E-state index < -0.39 is 6.10 Å². The van der Waals surface area contributed by atoms with Gasteiger partial charge in [-0.2, -0.15) is 0 Å². The van der Waals surface area contributed by atoms with Gasteiger partial charge in [0.2, 0.25) is 0 Å². The van der Waals surface area contributed by atoms with Gasteiger partial charge in [0.05, 0.1) is 0 Å². The van der Waals surface area contributed by atoms with Crippen LogP contribution in [0.25, 0.3) is 0 Å². The summed E-state index contributed by atoms with van der Waals surface area (Å²) in [6.07, 6.45) is 84.5. The smallest absolute Gasteiger partial charge is 0.306 e. The Morgan fingerprint density at radius 3 is 0.918 bits per heavy atom. The Bertz CT molecular complexity index is 1580. The van der Waals surface area contributed by atoms with Gasteiger partial charge in [-0.05, 0) is 122 Å². The zero-order valence-electron chi connectivity index (χ0n) is 47.1. The molecule has 0 radical (unpaired) electrons. The molecule has 0 amide bonds. The number of ether oxygens (including phenoxy) is 3. The molecule has 1 unspecified atom stereocenters. The normalized spacial score (nSPS) is 13.1. The molecule has 0 rings (SSSR count). The van der Waals surface area contributed by atoms with Gasteiger partial charge >= 0.3 is 17.9 Å². The number of hydrogen-bond donors (Lipinski definition) is 0. The molecule has 0 saturated carbocycles. The third-order valence-electron chi connectivity index (χ3n) is 12.1. The fraction of sp³-hybridized carbons (Fsp3) is 0.627. The molecule has 73 heavy (non-hydrogen) atoms. The lowest BCUT2D eigenvalue weighted by Gasteiger charge is -2.18. The highest BCUT2D eigenvalue weighted by Crippen LogP contribution is 2.14. The first kappa shape index (κ1) is 68.6. The molecular weight excluding hydrogens is 901 g/mol. The topological polar surface area (TPSA) is 78.9 Å². The first-order chi connectivity index (χ1) is 36.0. The van der Waals surface area contributed by atoms with Crippen LogP contribution in [0.3, 0.4) is 0 Å². The molecule has 0 aliphatic carbocycles. The van der Waals surface area contributed by atoms with E-state index in [0.29, 0.717) is 19.3 Å². The largest absolute Gasteiger partial charge is 0.462 e. The summed E-state index contributed by atoms with van der Waals surface area (Å²) in [7, 11) is 0. The van der Waals surface area contributed by atoms with Gasteiger partial charge in [-0.1, -0.05) is 244 Å². The van der Waals surface area contributed by atoms with Crippen LogP contribution in [0.15, 0.2) is 134 Å². The van der Waals surface area contributed by atoms with E-state index in [0.717, 1.165) is 116 Å². The highest BCUT2D eigenvalue weighted by atomic mass is 16.6. The Labute approximate surface area is 449 Å². The molecule has 0 N–H and O–H groups in total. The summed E-state index contributed by atoms with van der Waals surface area (Å²) >= 11 is 0. The summed E-state index contributed by atoms with van der Waals surface area (Å²) in [6, 6.07) is 0. The lowest BCUT2D eigenvalue weighted by atomic mass is 10.1. The average molecular weight is 1010 g/mol. The summed E-state index contributed by atoms with van der Waals surface area (Å²) in [5.74, 6) is -1.01. The summed E-state index contributed by atoms with van der Waals surface area (Å²) in [4.78, 5) is 38.2. The molecule has 0 saturated heterocycles. The molecule has 6 heteroatoms. The number of carbonyl (C=O) groups is 3. The Kier molecular flexibility index (Phi) is 56.4. The number of unbranched alkanes of at least 4 members (excludes halogenated alkanes) is 19.